The minimum Gasteiger partial charge on any atom is -0.481 e. The number of carboxylic acid groups (broad SMARTS) is 1. The number of halogens is 5. The number of rotatable bonds is 31. The Kier molecular flexibility index (Phi) is 56.8. The Morgan fingerprint density at radius 1 is 0.463 bits per heavy atom. The van der Waals surface area contributed by atoms with Gasteiger partial charge in [0.1, 0.15) is 34.8 Å². The number of aryl methyl sites for hydroxylation is 2. The number of nitrogens with zero attached hydrogens (tertiary/aromatic N) is 4. The summed E-state index contributed by atoms with van der Waals surface area (Å²) in [4.78, 5) is 113. The molecule has 0 aliphatic carbocycles. The smallest absolute Gasteiger partial charge is 0.412 e. The largest absolute Gasteiger partial charge is 0.481 e. The molecule has 0 fully saturated rings. The highest BCUT2D eigenvalue weighted by Crippen LogP contribution is 2.24. The SMILES string of the molecule is CC(C)[C@H](CCc1ccc[n+](COC(=O)N[C@@H](C)Cc2ccccc2)c1)C(=O)O.CC(C)[C@H](CCc1ccc[n+](COC(=O)N[C@@H](C)Cc2ccccc2)c1)C(=O)OC(C)(C)C.CC(C)[C@H](NC(=O)c1cccnc1)C(=O)OC(C)(C)C.C[C@@H](Cc1ccccc1)NC(=O)OCCl.Cl.Cl.I.O=C(Cl)c1cccnc1.[CH2+]C(C)[C@H](N)C(=O)OC(C)(C)C. The van der Waals surface area contributed by atoms with Crippen LogP contribution < -0.4 is 36.1 Å². The third kappa shape index (κ3) is 53.4. The molecule has 3 aromatic carbocycles. The van der Waals surface area contributed by atoms with E-state index in [-0.39, 0.29) is 140 Å². The molecule has 121 heavy (non-hydrogen) atoms. The Balaban J connectivity index is 0. The van der Waals surface area contributed by atoms with Crippen LogP contribution in [0.5, 0.6) is 0 Å². The van der Waals surface area contributed by atoms with Gasteiger partial charge in [0.05, 0.1) is 29.9 Å². The summed E-state index contributed by atoms with van der Waals surface area (Å²) in [5, 5.41) is 19.9. The van der Waals surface area contributed by atoms with Gasteiger partial charge in [0.15, 0.2) is 30.9 Å². The van der Waals surface area contributed by atoms with E-state index in [2.05, 4.69) is 42.9 Å². The molecule has 7 aromatic rings. The fourth-order valence-corrected chi connectivity index (χ4v) is 11.1. The third-order valence-corrected chi connectivity index (χ3v) is 17.1. The van der Waals surface area contributed by atoms with Crippen molar-refractivity contribution < 1.29 is 85.8 Å². The topological polar surface area (TPSA) is 337 Å². The second-order valence-electron chi connectivity index (χ2n) is 32.5. The number of carbonyl (C=O) groups excluding carboxylic acids is 8. The van der Waals surface area contributed by atoms with Gasteiger partial charge in [-0.05, 0) is 217 Å². The number of alkyl halides is 1. The first-order valence-electron chi connectivity index (χ1n) is 39.6. The van der Waals surface area contributed by atoms with Crippen molar-refractivity contribution in [3.63, 3.8) is 0 Å². The number of amides is 4. The lowest BCUT2D eigenvalue weighted by Crippen LogP contribution is -2.47. The van der Waals surface area contributed by atoms with Gasteiger partial charge in [-0.2, -0.15) is 9.13 Å². The average molecular weight is 1880 g/mol. The molecule has 4 heterocycles. The van der Waals surface area contributed by atoms with Gasteiger partial charge in [0.2, 0.25) is 0 Å². The number of carboxylic acids is 1. The second kappa shape index (κ2) is 60.3. The Labute approximate surface area is 756 Å². The normalized spacial score (nSPS) is 12.7. The zero-order chi connectivity index (χ0) is 88.7. The number of aliphatic carboxylic acids is 1. The molecule has 1 unspecified atom stereocenters. The number of esters is 3. The number of benzene rings is 3. The van der Waals surface area contributed by atoms with Crippen LogP contribution in [0.4, 0.5) is 14.4 Å². The number of pyridine rings is 4. The van der Waals surface area contributed by atoms with E-state index >= 15 is 0 Å². The molecule has 0 radical (unpaired) electrons. The van der Waals surface area contributed by atoms with Gasteiger partial charge < -0.3 is 60.5 Å². The van der Waals surface area contributed by atoms with Gasteiger partial charge >= 0.3 is 42.2 Å². The summed E-state index contributed by atoms with van der Waals surface area (Å²) in [5.74, 6) is -2.47. The molecular formula is C91H131Cl4IN9O16+3. The monoisotopic (exact) mass is 1870 g/mol. The van der Waals surface area contributed by atoms with Crippen LogP contribution in [0.15, 0.2) is 189 Å². The van der Waals surface area contributed by atoms with Crippen LogP contribution in [0.1, 0.15) is 193 Å². The van der Waals surface area contributed by atoms with E-state index in [9.17, 15) is 48.3 Å². The Morgan fingerprint density at radius 2 is 0.810 bits per heavy atom. The highest BCUT2D eigenvalue weighted by atomic mass is 127. The molecule has 0 saturated carbocycles. The number of ether oxygens (including phenoxy) is 6. The molecule has 4 amide bonds. The van der Waals surface area contributed by atoms with Crippen LogP contribution in [-0.4, -0.2) is 121 Å². The Morgan fingerprint density at radius 3 is 1.12 bits per heavy atom. The van der Waals surface area contributed by atoms with E-state index in [1.54, 1.807) is 68.9 Å². The van der Waals surface area contributed by atoms with Gasteiger partial charge in [0, 0.05) is 66.2 Å². The highest BCUT2D eigenvalue weighted by Gasteiger charge is 2.32. The molecule has 7 N–H and O–H groups in total. The van der Waals surface area contributed by atoms with Crippen LogP contribution in [0, 0.1) is 42.4 Å². The number of hydrogen-bond acceptors (Lipinski definition) is 18. The zero-order valence-electron chi connectivity index (χ0n) is 73.4. The molecule has 0 aliphatic heterocycles. The van der Waals surface area contributed by atoms with Crippen LogP contribution >= 0.6 is 72.0 Å². The molecular weight excluding hydrogens is 1740 g/mol. The summed E-state index contributed by atoms with van der Waals surface area (Å²) in [6.07, 6.45) is 17.1. The van der Waals surface area contributed by atoms with Gasteiger partial charge in [-0.1, -0.05) is 144 Å². The van der Waals surface area contributed by atoms with E-state index in [0.717, 1.165) is 42.4 Å². The number of nitrogens with two attached hydrogens (primary N) is 1. The number of nitrogens with one attached hydrogen (secondary N) is 4. The Hall–Kier alpha value is -9.19. The second-order valence-corrected chi connectivity index (χ2v) is 33.1. The number of aromatic nitrogens is 4. The fraction of sp³-hybridized carbons (Fsp3) is 0.473. The van der Waals surface area contributed by atoms with Crippen molar-refractivity contribution >= 4 is 125 Å². The summed E-state index contributed by atoms with van der Waals surface area (Å²) in [6, 6.07) is 42.9. The maximum Gasteiger partial charge on any atom is 0.412 e. The first kappa shape index (κ1) is 114. The van der Waals surface area contributed by atoms with Crippen LogP contribution in [0.2, 0.25) is 0 Å². The molecule has 8 atom stereocenters. The quantitative estimate of drug-likeness (QED) is 0.00447. The summed E-state index contributed by atoms with van der Waals surface area (Å²) >= 11 is 10.4. The maximum atomic E-state index is 12.6. The Bertz CT molecular complexity index is 4110. The summed E-state index contributed by atoms with van der Waals surface area (Å²) in [6.45, 7) is 39.6. The van der Waals surface area contributed by atoms with Crippen LogP contribution in [0.25, 0.3) is 0 Å². The number of carbonyl (C=O) groups is 9. The molecule has 668 valence electrons. The van der Waals surface area contributed by atoms with Crippen molar-refractivity contribution in [3.05, 3.63) is 235 Å². The molecule has 30 heteroatoms. The lowest BCUT2D eigenvalue weighted by atomic mass is 9.89. The van der Waals surface area contributed by atoms with Crippen LogP contribution in [-0.2, 0) is 93.2 Å². The van der Waals surface area contributed by atoms with E-state index in [1.807, 2.05) is 248 Å². The number of alkyl carbamates (subject to hydrolysis) is 3. The standard InChI is InChI=1S/C27H38N2O4.C23H30N2O4.C15H22N2O3.C11H14ClNO2.C9H18NO2.C6H4ClNO.2ClH.HI/c1-20(2)24(25(30)33-27(4,5)6)15-14-23-13-10-16-29(18-23)19-32-26(31)28-21(3)17-22-11-8-7-9-12-22;1-17(2)21(22(26)27)12-11-20-10-7-13-25(15-20)16-29-23(28)24-18(3)14-19-8-5-4-6-9-19;1-10(2)12(14(19)20-15(3,4)5)17-13(18)11-7-6-8-16-9-11;1-9(13-11(14)15-8-12)7-10-5-3-2-4-6-10;1-6(2)7(10)8(11)12-9(3,4)5;7-6(9)5-2-1-3-8-4-5;;;/h7-13,16,18,20-21,24H,14-15,17,19H2,1-6H3;4-10,13,15,17-18,21H,11-12,14,16H2,1-3H3,(H-,24,26,27,28);6-10,12H,1-5H3,(H,17,18);2-6,9H,7-8H2,1H3,(H,13,14);6-7H,1,10H2,2-5H3;1-4H;3*1H/q;;;;+1;;;;/p+2/t21-,24-;18-,21-;12-;9-;6?,7-;;;;/m00000..../s1. The molecule has 0 saturated heterocycles. The molecule has 4 aromatic heterocycles. The minimum atomic E-state index is -0.756. The molecule has 0 aliphatic rings. The van der Waals surface area contributed by atoms with Crippen molar-refractivity contribution in [2.75, 3.05) is 6.07 Å². The van der Waals surface area contributed by atoms with Crippen molar-refractivity contribution in [3.8, 4) is 0 Å². The molecule has 0 spiro atoms. The zero-order valence-corrected chi connectivity index (χ0v) is 78.9. The minimum absolute atomic E-state index is 0. The third-order valence-electron chi connectivity index (χ3n) is 16.8. The van der Waals surface area contributed by atoms with Crippen molar-refractivity contribution in [1.29, 1.82) is 0 Å². The highest BCUT2D eigenvalue weighted by molar-refractivity contribution is 14.0. The first-order chi connectivity index (χ1) is 55.3. The lowest BCUT2D eigenvalue weighted by molar-refractivity contribution is -0.727. The van der Waals surface area contributed by atoms with Crippen molar-refractivity contribution in [2.45, 2.75) is 237 Å². The van der Waals surface area contributed by atoms with E-state index in [0.29, 0.717) is 30.4 Å². The van der Waals surface area contributed by atoms with Gasteiger partial charge in [-0.15, -0.1) is 48.8 Å². The molecule has 7 rings (SSSR count). The molecule has 25 nitrogen and oxygen atoms in total. The van der Waals surface area contributed by atoms with Crippen LogP contribution in [0.3, 0.4) is 0 Å². The van der Waals surface area contributed by atoms with Gasteiger partial charge in [-0.25, -0.2) is 19.2 Å². The van der Waals surface area contributed by atoms with E-state index in [4.69, 9.17) is 52.6 Å². The number of hydrogen-bond donors (Lipinski definition) is 6. The predicted molar refractivity (Wildman–Crippen MR) is 487 cm³/mol. The van der Waals surface area contributed by atoms with Gasteiger partial charge in [-0.3, -0.25) is 33.9 Å². The summed E-state index contributed by atoms with van der Waals surface area (Å²) < 4.78 is 34.9. The summed E-state index contributed by atoms with van der Waals surface area (Å²) in [5.41, 5.74) is 10.4. The van der Waals surface area contributed by atoms with E-state index < -0.39 is 64.3 Å². The summed E-state index contributed by atoms with van der Waals surface area (Å²) in [7, 11) is 0. The van der Waals surface area contributed by atoms with E-state index in [1.165, 1.54) is 23.5 Å². The van der Waals surface area contributed by atoms with Crippen molar-refractivity contribution in [2.24, 2.45) is 41.2 Å². The lowest BCUT2D eigenvalue weighted by Gasteiger charge is -2.26. The first-order valence-corrected chi connectivity index (χ1v) is 40.5. The maximum absolute atomic E-state index is 12.6. The average Bonchev–Trinajstić information content (AvgIpc) is 0.495. The fourth-order valence-electron chi connectivity index (χ4n) is 10.9. The van der Waals surface area contributed by atoms with Crippen molar-refractivity contribution in [1.82, 2.24) is 31.2 Å². The van der Waals surface area contributed by atoms with Gasteiger partial charge in [0.25, 0.3) is 24.6 Å². The molecule has 0 bridgehead atoms. The predicted octanol–water partition coefficient (Wildman–Crippen LogP) is 17.2.